The van der Waals surface area contributed by atoms with Gasteiger partial charge in [0.25, 0.3) is 0 Å². The van der Waals surface area contributed by atoms with E-state index >= 15 is 0 Å². The van der Waals surface area contributed by atoms with Gasteiger partial charge in [0.15, 0.2) is 0 Å². The fraction of sp³-hybridized carbons (Fsp3) is 0.708. The van der Waals surface area contributed by atoms with Crippen LogP contribution in [-0.4, -0.2) is 17.7 Å². The molecule has 0 fully saturated rings. The Balaban J connectivity index is 2.05. The van der Waals surface area contributed by atoms with Crippen LogP contribution in [0.5, 0.6) is 0 Å². The molecule has 3 nitrogen and oxygen atoms in total. The van der Waals surface area contributed by atoms with Crippen LogP contribution < -0.4 is 4.90 Å². The SMILES string of the molecule is CCCCCCCCCCCCCCCCN(C(=O)O)c1ccc(C)cc1Br. The van der Waals surface area contributed by atoms with E-state index in [2.05, 4.69) is 22.9 Å². The van der Waals surface area contributed by atoms with Crippen LogP contribution in [-0.2, 0) is 0 Å². The van der Waals surface area contributed by atoms with Gasteiger partial charge in [-0.3, -0.25) is 4.90 Å². The summed E-state index contributed by atoms with van der Waals surface area (Å²) in [5, 5.41) is 9.53. The van der Waals surface area contributed by atoms with Crippen LogP contribution in [0.2, 0.25) is 0 Å². The average molecular weight is 454 g/mol. The molecule has 1 N–H and O–H groups in total. The van der Waals surface area contributed by atoms with Gasteiger partial charge in [0, 0.05) is 11.0 Å². The Morgan fingerprint density at radius 2 is 1.32 bits per heavy atom. The maximum atomic E-state index is 11.6. The average Bonchev–Trinajstić information content (AvgIpc) is 2.65. The summed E-state index contributed by atoms with van der Waals surface area (Å²) in [7, 11) is 0. The third kappa shape index (κ3) is 11.1. The molecule has 1 amide bonds. The smallest absolute Gasteiger partial charge is 0.411 e. The van der Waals surface area contributed by atoms with Crippen LogP contribution in [0.1, 0.15) is 102 Å². The molecule has 28 heavy (non-hydrogen) atoms. The fourth-order valence-electron chi connectivity index (χ4n) is 3.61. The number of anilines is 1. The van der Waals surface area contributed by atoms with E-state index in [0.29, 0.717) is 6.54 Å². The lowest BCUT2D eigenvalue weighted by Gasteiger charge is -2.21. The van der Waals surface area contributed by atoms with Gasteiger partial charge in [-0.2, -0.15) is 0 Å². The van der Waals surface area contributed by atoms with Crippen molar-refractivity contribution in [3.63, 3.8) is 0 Å². The minimum absolute atomic E-state index is 0.565. The highest BCUT2D eigenvalue weighted by atomic mass is 79.9. The zero-order chi connectivity index (χ0) is 20.6. The summed E-state index contributed by atoms with van der Waals surface area (Å²) in [5.74, 6) is 0. The molecule has 1 rings (SSSR count). The van der Waals surface area contributed by atoms with Crippen molar-refractivity contribution in [2.45, 2.75) is 104 Å². The highest BCUT2D eigenvalue weighted by molar-refractivity contribution is 9.10. The van der Waals surface area contributed by atoms with E-state index < -0.39 is 6.09 Å². The first-order valence-corrected chi connectivity index (χ1v) is 12.1. The first kappa shape index (κ1) is 25.0. The van der Waals surface area contributed by atoms with Crippen molar-refractivity contribution in [1.29, 1.82) is 0 Å². The van der Waals surface area contributed by atoms with Crippen LogP contribution in [0.25, 0.3) is 0 Å². The summed E-state index contributed by atoms with van der Waals surface area (Å²) < 4.78 is 0.847. The monoisotopic (exact) mass is 453 g/mol. The molecule has 1 aromatic carbocycles. The molecule has 0 aromatic heterocycles. The van der Waals surface area contributed by atoms with E-state index in [-0.39, 0.29) is 0 Å². The number of halogens is 1. The summed E-state index contributed by atoms with van der Waals surface area (Å²) in [5.41, 5.74) is 1.87. The lowest BCUT2D eigenvalue weighted by molar-refractivity contribution is 0.201. The molecule has 0 spiro atoms. The second-order valence-electron chi connectivity index (χ2n) is 7.99. The van der Waals surface area contributed by atoms with Crippen molar-refractivity contribution >= 4 is 27.7 Å². The molecular weight excluding hydrogens is 414 g/mol. The van der Waals surface area contributed by atoms with Gasteiger partial charge in [0.05, 0.1) is 5.69 Å². The molecule has 0 radical (unpaired) electrons. The van der Waals surface area contributed by atoms with E-state index in [9.17, 15) is 9.90 Å². The molecule has 4 heteroatoms. The Bertz CT molecular complexity index is 547. The van der Waals surface area contributed by atoms with E-state index in [0.717, 1.165) is 28.6 Å². The summed E-state index contributed by atoms with van der Waals surface area (Å²) in [4.78, 5) is 13.1. The molecule has 1 aromatic rings. The number of hydrogen-bond acceptors (Lipinski definition) is 1. The second kappa shape index (κ2) is 15.8. The maximum Gasteiger partial charge on any atom is 0.411 e. The van der Waals surface area contributed by atoms with Crippen LogP contribution >= 0.6 is 15.9 Å². The van der Waals surface area contributed by atoms with Crippen molar-refractivity contribution in [3.8, 4) is 0 Å². The Labute approximate surface area is 181 Å². The zero-order valence-electron chi connectivity index (χ0n) is 18.0. The summed E-state index contributed by atoms with van der Waals surface area (Å²) in [6, 6.07) is 5.81. The molecule has 0 saturated heterocycles. The lowest BCUT2D eigenvalue weighted by atomic mass is 10.0. The Hall–Kier alpha value is -1.03. The molecule has 0 atom stereocenters. The van der Waals surface area contributed by atoms with Crippen molar-refractivity contribution in [2.24, 2.45) is 0 Å². The molecular formula is C24H40BrNO2. The Kier molecular flexibility index (Phi) is 14.1. The van der Waals surface area contributed by atoms with Crippen molar-refractivity contribution in [3.05, 3.63) is 28.2 Å². The predicted octanol–water partition coefficient (Wildman–Crippen LogP) is 8.72. The molecule has 0 aliphatic heterocycles. The van der Waals surface area contributed by atoms with Gasteiger partial charge in [-0.05, 0) is 47.0 Å². The topological polar surface area (TPSA) is 40.5 Å². The Morgan fingerprint density at radius 3 is 1.75 bits per heavy atom. The van der Waals surface area contributed by atoms with E-state index in [1.807, 2.05) is 25.1 Å². The van der Waals surface area contributed by atoms with E-state index in [1.165, 1.54) is 81.9 Å². The predicted molar refractivity (Wildman–Crippen MR) is 125 cm³/mol. The number of aryl methyl sites for hydroxylation is 1. The molecule has 0 saturated carbocycles. The van der Waals surface area contributed by atoms with Gasteiger partial charge in [-0.1, -0.05) is 96.5 Å². The number of benzene rings is 1. The molecule has 0 heterocycles. The lowest BCUT2D eigenvalue weighted by Crippen LogP contribution is -2.30. The Morgan fingerprint density at radius 1 is 0.857 bits per heavy atom. The molecule has 160 valence electrons. The van der Waals surface area contributed by atoms with Gasteiger partial charge in [-0.25, -0.2) is 4.79 Å². The number of unbranched alkanes of at least 4 members (excludes halogenated alkanes) is 13. The molecule has 0 aliphatic rings. The van der Waals surface area contributed by atoms with Crippen LogP contribution in [0.15, 0.2) is 22.7 Å². The highest BCUT2D eigenvalue weighted by Crippen LogP contribution is 2.28. The normalized spacial score (nSPS) is 11.0. The van der Waals surface area contributed by atoms with Gasteiger partial charge in [0.1, 0.15) is 0 Å². The quantitative estimate of drug-likeness (QED) is 0.254. The van der Waals surface area contributed by atoms with Gasteiger partial charge in [-0.15, -0.1) is 0 Å². The number of amides is 1. The van der Waals surface area contributed by atoms with Gasteiger partial charge < -0.3 is 5.11 Å². The van der Waals surface area contributed by atoms with Crippen LogP contribution in [0.4, 0.5) is 10.5 Å². The van der Waals surface area contributed by atoms with Gasteiger partial charge >= 0.3 is 6.09 Å². The zero-order valence-corrected chi connectivity index (χ0v) is 19.6. The summed E-state index contributed by atoms with van der Waals surface area (Å²) in [6.45, 7) is 4.84. The largest absolute Gasteiger partial charge is 0.465 e. The third-order valence-electron chi connectivity index (χ3n) is 5.36. The number of nitrogens with zero attached hydrogens (tertiary/aromatic N) is 1. The van der Waals surface area contributed by atoms with Crippen molar-refractivity contribution < 1.29 is 9.90 Å². The fourth-order valence-corrected chi connectivity index (χ4v) is 4.32. The minimum Gasteiger partial charge on any atom is -0.465 e. The summed E-state index contributed by atoms with van der Waals surface area (Å²) >= 11 is 3.50. The summed E-state index contributed by atoms with van der Waals surface area (Å²) in [6.07, 6.45) is 17.5. The van der Waals surface area contributed by atoms with Gasteiger partial charge in [0.2, 0.25) is 0 Å². The first-order valence-electron chi connectivity index (χ1n) is 11.3. The van der Waals surface area contributed by atoms with Crippen molar-refractivity contribution in [1.82, 2.24) is 0 Å². The third-order valence-corrected chi connectivity index (χ3v) is 6.00. The second-order valence-corrected chi connectivity index (χ2v) is 8.84. The number of carbonyl (C=O) groups is 1. The van der Waals surface area contributed by atoms with E-state index in [4.69, 9.17) is 0 Å². The molecule has 0 unspecified atom stereocenters. The molecule has 0 aliphatic carbocycles. The van der Waals surface area contributed by atoms with Crippen LogP contribution in [0, 0.1) is 6.92 Å². The first-order chi connectivity index (χ1) is 13.6. The minimum atomic E-state index is -0.876. The molecule has 0 bridgehead atoms. The van der Waals surface area contributed by atoms with E-state index in [1.54, 1.807) is 0 Å². The van der Waals surface area contributed by atoms with Crippen LogP contribution in [0.3, 0.4) is 0 Å². The highest BCUT2D eigenvalue weighted by Gasteiger charge is 2.16. The van der Waals surface area contributed by atoms with Crippen molar-refractivity contribution in [2.75, 3.05) is 11.4 Å². The number of carboxylic acid groups (broad SMARTS) is 1. The standard InChI is InChI=1S/C24H40BrNO2/c1-3-4-5-6-7-8-9-10-11-12-13-14-15-16-19-26(24(27)28)23-18-17-21(2)20-22(23)25/h17-18,20H,3-16,19H2,1-2H3,(H,27,28). The number of rotatable bonds is 16. The maximum absolute atomic E-state index is 11.6. The number of hydrogen-bond donors (Lipinski definition) is 1.